The van der Waals surface area contributed by atoms with Gasteiger partial charge < -0.3 is 10.4 Å². The molecule has 7 heteroatoms. The first-order chi connectivity index (χ1) is 21.8. The van der Waals surface area contributed by atoms with Crippen molar-refractivity contribution in [3.8, 4) is 0 Å². The van der Waals surface area contributed by atoms with Gasteiger partial charge in [0.2, 0.25) is 5.91 Å². The molecule has 0 fully saturated rings. The van der Waals surface area contributed by atoms with Crippen LogP contribution in [-0.4, -0.2) is 41.9 Å². The van der Waals surface area contributed by atoms with E-state index in [0.717, 1.165) is 38.5 Å². The molecule has 0 radical (unpaired) electrons. The van der Waals surface area contributed by atoms with E-state index in [4.69, 9.17) is 0 Å². The van der Waals surface area contributed by atoms with Crippen LogP contribution in [0.25, 0.3) is 0 Å². The molecule has 0 aromatic heterocycles. The third-order valence-electron chi connectivity index (χ3n) is 8.97. The molecule has 3 N–H and O–H groups in total. The van der Waals surface area contributed by atoms with Crippen molar-refractivity contribution in [1.82, 2.24) is 5.32 Å². The Hall–Kier alpha value is -0.920. The number of carbonyl (C=O) groups excluding carboxylic acids is 1. The lowest BCUT2D eigenvalue weighted by atomic mass is 10.0. The average molecular weight is 658 g/mol. The fraction of sp³-hybridized carbons (Fsp3) is 0.921. The number of allylic oxidation sites excluding steroid dienone is 2. The Morgan fingerprint density at radius 1 is 0.578 bits per heavy atom. The summed E-state index contributed by atoms with van der Waals surface area (Å²) in [5.74, 6) is -0.896. The summed E-state index contributed by atoms with van der Waals surface area (Å²) in [6.45, 7) is 4.51. The van der Waals surface area contributed by atoms with Crippen molar-refractivity contribution >= 4 is 16.0 Å². The number of carbonyl (C=O) groups is 1. The van der Waals surface area contributed by atoms with E-state index in [9.17, 15) is 22.9 Å². The van der Waals surface area contributed by atoms with Gasteiger partial charge in [-0.3, -0.25) is 9.35 Å². The molecule has 0 saturated heterocycles. The number of aliphatic hydroxyl groups excluding tert-OH is 1. The first kappa shape index (κ1) is 44.1. The lowest BCUT2D eigenvalue weighted by Crippen LogP contribution is -2.47. The van der Waals surface area contributed by atoms with Crippen molar-refractivity contribution < 1.29 is 22.9 Å². The van der Waals surface area contributed by atoms with Crippen molar-refractivity contribution in [2.75, 3.05) is 5.75 Å². The van der Waals surface area contributed by atoms with Gasteiger partial charge in [-0.25, -0.2) is 0 Å². The average Bonchev–Trinajstić information content (AvgIpc) is 3.00. The molecule has 2 unspecified atom stereocenters. The Labute approximate surface area is 280 Å². The Balaban J connectivity index is 3.87. The van der Waals surface area contributed by atoms with Gasteiger partial charge >= 0.3 is 0 Å². The third kappa shape index (κ3) is 34.2. The summed E-state index contributed by atoms with van der Waals surface area (Å²) >= 11 is 0. The van der Waals surface area contributed by atoms with Gasteiger partial charge in [0, 0.05) is 6.42 Å². The Morgan fingerprint density at radius 3 is 1.33 bits per heavy atom. The van der Waals surface area contributed by atoms with Crippen LogP contribution in [0.2, 0.25) is 0 Å². The van der Waals surface area contributed by atoms with Crippen LogP contribution in [0.15, 0.2) is 12.2 Å². The Morgan fingerprint density at radius 2 is 0.933 bits per heavy atom. The van der Waals surface area contributed by atoms with E-state index in [2.05, 4.69) is 31.3 Å². The first-order valence-corrected chi connectivity index (χ1v) is 21.0. The van der Waals surface area contributed by atoms with Crippen LogP contribution in [-0.2, 0) is 14.9 Å². The van der Waals surface area contributed by atoms with Crippen molar-refractivity contribution in [3.63, 3.8) is 0 Å². The maximum absolute atomic E-state index is 12.5. The summed E-state index contributed by atoms with van der Waals surface area (Å²) in [6.07, 6.45) is 38.7. The zero-order valence-electron chi connectivity index (χ0n) is 29.8. The molecule has 6 nitrogen and oxygen atoms in total. The molecule has 0 rings (SSSR count). The lowest BCUT2D eigenvalue weighted by molar-refractivity contribution is -0.122. The molecule has 0 aromatic carbocycles. The van der Waals surface area contributed by atoms with Crippen molar-refractivity contribution in [1.29, 1.82) is 0 Å². The first-order valence-electron chi connectivity index (χ1n) is 19.4. The highest BCUT2D eigenvalue weighted by molar-refractivity contribution is 7.85. The van der Waals surface area contributed by atoms with Crippen molar-refractivity contribution in [2.45, 2.75) is 219 Å². The molecule has 2 atom stereocenters. The zero-order valence-corrected chi connectivity index (χ0v) is 30.6. The second kappa shape index (κ2) is 33.0. The SMILES string of the molecule is CCCCCCCCC/C=C\CCCCCCCCCC(=O)NC(CS(=O)(=O)O)C(O)CCCCCCCCCCCCCC. The number of aliphatic hydroxyl groups is 1. The predicted octanol–water partition coefficient (Wildman–Crippen LogP) is 11.0. The van der Waals surface area contributed by atoms with Gasteiger partial charge in [0.25, 0.3) is 10.1 Å². The summed E-state index contributed by atoms with van der Waals surface area (Å²) in [6, 6.07) is -0.968. The van der Waals surface area contributed by atoms with Gasteiger partial charge in [-0.1, -0.05) is 174 Å². The van der Waals surface area contributed by atoms with Crippen LogP contribution < -0.4 is 5.32 Å². The van der Waals surface area contributed by atoms with Gasteiger partial charge in [0.15, 0.2) is 0 Å². The zero-order chi connectivity index (χ0) is 33.3. The van der Waals surface area contributed by atoms with E-state index < -0.39 is 28.0 Å². The Kier molecular flexibility index (Phi) is 32.3. The molecule has 0 aliphatic rings. The van der Waals surface area contributed by atoms with E-state index in [1.165, 1.54) is 141 Å². The summed E-state index contributed by atoms with van der Waals surface area (Å²) in [5.41, 5.74) is 0. The molecule has 0 bridgehead atoms. The number of amides is 1. The van der Waals surface area contributed by atoms with Crippen LogP contribution in [0.3, 0.4) is 0 Å². The summed E-state index contributed by atoms with van der Waals surface area (Å²) in [4.78, 5) is 12.5. The molecule has 0 spiro atoms. The molecule has 268 valence electrons. The molecule has 0 aromatic rings. The van der Waals surface area contributed by atoms with E-state index in [-0.39, 0.29) is 5.91 Å². The summed E-state index contributed by atoms with van der Waals surface area (Å²) < 4.78 is 32.4. The van der Waals surface area contributed by atoms with E-state index in [0.29, 0.717) is 12.8 Å². The standard InChI is InChI=1S/C38H75NO5S/c1-3-5-7-9-11-13-15-17-18-19-20-21-22-24-26-28-30-32-34-38(41)39-36(35-45(42,43)44)37(40)33-31-29-27-25-23-16-14-12-10-8-6-4-2/h18-19,36-37,40H,3-17,20-35H2,1-2H3,(H,39,41)(H,42,43,44)/b19-18-. The smallest absolute Gasteiger partial charge is 0.266 e. The van der Waals surface area contributed by atoms with E-state index in [1.54, 1.807) is 0 Å². The van der Waals surface area contributed by atoms with Crippen LogP contribution in [0.5, 0.6) is 0 Å². The molecular formula is C38H75NO5S. The highest BCUT2D eigenvalue weighted by Gasteiger charge is 2.26. The number of hydrogen-bond donors (Lipinski definition) is 3. The minimum Gasteiger partial charge on any atom is -0.391 e. The number of nitrogens with one attached hydrogen (secondary N) is 1. The molecular weight excluding hydrogens is 582 g/mol. The topological polar surface area (TPSA) is 104 Å². The summed E-state index contributed by atoms with van der Waals surface area (Å²) in [5, 5.41) is 13.3. The van der Waals surface area contributed by atoms with Crippen LogP contribution >= 0.6 is 0 Å². The van der Waals surface area contributed by atoms with Crippen molar-refractivity contribution in [3.05, 3.63) is 12.2 Å². The molecule has 0 aliphatic heterocycles. The number of unbranched alkanes of at least 4 members (excludes halogenated alkanes) is 25. The van der Waals surface area contributed by atoms with Gasteiger partial charge in [-0.2, -0.15) is 8.42 Å². The normalized spacial score (nSPS) is 13.4. The Bertz CT molecular complexity index is 770. The summed E-state index contributed by atoms with van der Waals surface area (Å²) in [7, 11) is -4.30. The molecule has 0 saturated carbocycles. The largest absolute Gasteiger partial charge is 0.391 e. The molecule has 45 heavy (non-hydrogen) atoms. The van der Waals surface area contributed by atoms with Crippen LogP contribution in [0.1, 0.15) is 206 Å². The van der Waals surface area contributed by atoms with Crippen LogP contribution in [0.4, 0.5) is 0 Å². The van der Waals surface area contributed by atoms with E-state index >= 15 is 0 Å². The van der Waals surface area contributed by atoms with Gasteiger partial charge in [-0.15, -0.1) is 0 Å². The lowest BCUT2D eigenvalue weighted by Gasteiger charge is -2.23. The minimum absolute atomic E-state index is 0.249. The quantitative estimate of drug-likeness (QED) is 0.0357. The maximum Gasteiger partial charge on any atom is 0.266 e. The van der Waals surface area contributed by atoms with Crippen LogP contribution in [0, 0.1) is 0 Å². The highest BCUT2D eigenvalue weighted by atomic mass is 32.2. The number of rotatable bonds is 35. The molecule has 0 heterocycles. The highest BCUT2D eigenvalue weighted by Crippen LogP contribution is 2.15. The van der Waals surface area contributed by atoms with Crippen molar-refractivity contribution in [2.24, 2.45) is 0 Å². The number of hydrogen-bond acceptors (Lipinski definition) is 4. The third-order valence-corrected chi connectivity index (χ3v) is 9.75. The maximum atomic E-state index is 12.5. The predicted molar refractivity (Wildman–Crippen MR) is 193 cm³/mol. The molecule has 1 amide bonds. The second-order valence-electron chi connectivity index (χ2n) is 13.6. The monoisotopic (exact) mass is 658 g/mol. The van der Waals surface area contributed by atoms with Gasteiger partial charge in [-0.05, 0) is 38.5 Å². The fourth-order valence-corrected chi connectivity index (χ4v) is 6.80. The fourth-order valence-electron chi connectivity index (χ4n) is 6.04. The van der Waals surface area contributed by atoms with Gasteiger partial charge in [0.05, 0.1) is 17.9 Å². The molecule has 0 aliphatic carbocycles. The minimum atomic E-state index is -4.30. The van der Waals surface area contributed by atoms with E-state index in [1.807, 2.05) is 0 Å². The second-order valence-corrected chi connectivity index (χ2v) is 15.1. The van der Waals surface area contributed by atoms with Gasteiger partial charge in [0.1, 0.15) is 0 Å².